The molecule has 3 aromatic carbocycles. The topological polar surface area (TPSA) is 94.3 Å². The third kappa shape index (κ3) is 3.34. The molecule has 0 spiro atoms. The van der Waals surface area contributed by atoms with Gasteiger partial charge in [0.2, 0.25) is 5.88 Å². The molecule has 0 aromatic heterocycles. The van der Waals surface area contributed by atoms with Crippen molar-refractivity contribution in [3.8, 4) is 23.3 Å². The summed E-state index contributed by atoms with van der Waals surface area (Å²) in [6.45, 7) is 0. The zero-order valence-electron chi connectivity index (χ0n) is 14.7. The maximum atomic E-state index is 9.67. The van der Waals surface area contributed by atoms with E-state index in [1.165, 1.54) is 0 Å². The van der Waals surface area contributed by atoms with E-state index in [1.54, 1.807) is 36.4 Å². The Morgan fingerprint density at radius 2 is 1.75 bits per heavy atom. The van der Waals surface area contributed by atoms with E-state index < -0.39 is 0 Å². The highest BCUT2D eigenvalue weighted by molar-refractivity contribution is 6.30. The summed E-state index contributed by atoms with van der Waals surface area (Å²) in [5.41, 5.74) is 14.5. The van der Waals surface area contributed by atoms with Crippen LogP contribution in [0.5, 0.6) is 17.2 Å². The Morgan fingerprint density at radius 1 is 0.964 bits per heavy atom. The molecule has 138 valence electrons. The Labute approximate surface area is 167 Å². The predicted molar refractivity (Wildman–Crippen MR) is 108 cm³/mol. The monoisotopic (exact) mass is 389 g/mol. The number of hydrogen-bond donors (Lipinski definition) is 2. The van der Waals surface area contributed by atoms with E-state index in [0.29, 0.717) is 33.5 Å². The molecule has 0 aliphatic carbocycles. The second-order valence-corrected chi connectivity index (χ2v) is 6.79. The number of nitrogens with two attached hydrogens (primary N) is 2. The fourth-order valence-electron chi connectivity index (χ4n) is 3.21. The molecule has 4 N–H and O–H groups in total. The summed E-state index contributed by atoms with van der Waals surface area (Å²) in [5.74, 6) is 1.56. The van der Waals surface area contributed by atoms with E-state index in [0.717, 1.165) is 11.1 Å². The number of nitrogens with zero attached hydrogens (tertiary/aromatic N) is 1. The van der Waals surface area contributed by atoms with Crippen LogP contribution in [0.2, 0.25) is 5.02 Å². The fraction of sp³-hybridized carbons (Fsp3) is 0.0455. The van der Waals surface area contributed by atoms with Gasteiger partial charge in [-0.2, -0.15) is 5.26 Å². The van der Waals surface area contributed by atoms with Gasteiger partial charge in [-0.25, -0.2) is 0 Å². The summed E-state index contributed by atoms with van der Waals surface area (Å²) in [6, 6.07) is 22.1. The van der Waals surface area contributed by atoms with Crippen molar-refractivity contribution in [1.82, 2.24) is 0 Å². The van der Waals surface area contributed by atoms with Crippen LogP contribution in [-0.2, 0) is 0 Å². The van der Waals surface area contributed by atoms with Crippen molar-refractivity contribution in [3.05, 3.63) is 94.3 Å². The molecular formula is C22H16ClN3O2. The van der Waals surface area contributed by atoms with E-state index in [9.17, 15) is 5.26 Å². The van der Waals surface area contributed by atoms with Crippen molar-refractivity contribution in [1.29, 1.82) is 5.26 Å². The Morgan fingerprint density at radius 3 is 2.50 bits per heavy atom. The smallest absolute Gasteiger partial charge is 0.205 e. The summed E-state index contributed by atoms with van der Waals surface area (Å²) in [4.78, 5) is 0. The number of allylic oxidation sites excluding steroid dienone is 1. The predicted octanol–water partition coefficient (Wildman–Crippen LogP) is 4.93. The molecule has 1 aliphatic rings. The SMILES string of the molecule is N#CC1=C(N)Oc2cc(N)ccc2C1c1cccc(Oc2ccc(Cl)cc2)c1. The van der Waals surface area contributed by atoms with E-state index in [2.05, 4.69) is 6.07 Å². The summed E-state index contributed by atoms with van der Waals surface area (Å²) < 4.78 is 11.5. The number of rotatable bonds is 3. The molecule has 1 atom stereocenters. The van der Waals surface area contributed by atoms with Crippen LogP contribution in [-0.4, -0.2) is 0 Å². The number of nitrogen functional groups attached to an aromatic ring is 1. The van der Waals surface area contributed by atoms with Gasteiger partial charge in [-0.1, -0.05) is 29.8 Å². The zero-order chi connectivity index (χ0) is 19.7. The first kappa shape index (κ1) is 17.8. The first-order chi connectivity index (χ1) is 13.5. The van der Waals surface area contributed by atoms with Crippen LogP contribution in [0.1, 0.15) is 17.0 Å². The van der Waals surface area contributed by atoms with Gasteiger partial charge in [0.15, 0.2) is 0 Å². The Kier molecular flexibility index (Phi) is 4.56. The Bertz CT molecular complexity index is 1120. The molecule has 0 radical (unpaired) electrons. The minimum absolute atomic E-state index is 0.0784. The molecule has 28 heavy (non-hydrogen) atoms. The minimum atomic E-state index is -0.372. The highest BCUT2D eigenvalue weighted by Crippen LogP contribution is 2.43. The van der Waals surface area contributed by atoms with Crippen molar-refractivity contribution in [2.24, 2.45) is 5.73 Å². The normalized spacial score (nSPS) is 15.4. The van der Waals surface area contributed by atoms with Gasteiger partial charge in [0.1, 0.15) is 28.9 Å². The number of nitriles is 1. The lowest BCUT2D eigenvalue weighted by atomic mass is 9.83. The third-order valence-corrected chi connectivity index (χ3v) is 4.74. The van der Waals surface area contributed by atoms with Crippen molar-refractivity contribution in [2.45, 2.75) is 5.92 Å². The number of benzene rings is 3. The molecule has 4 rings (SSSR count). The number of hydrogen-bond acceptors (Lipinski definition) is 5. The van der Waals surface area contributed by atoms with E-state index >= 15 is 0 Å². The first-order valence-electron chi connectivity index (χ1n) is 8.55. The van der Waals surface area contributed by atoms with Gasteiger partial charge in [-0.05, 0) is 48.0 Å². The molecule has 0 fully saturated rings. The van der Waals surface area contributed by atoms with Gasteiger partial charge in [0, 0.05) is 22.3 Å². The average Bonchev–Trinajstić information content (AvgIpc) is 2.69. The van der Waals surface area contributed by atoms with Crippen LogP contribution in [0.4, 0.5) is 5.69 Å². The number of fused-ring (bicyclic) bond motifs is 1. The van der Waals surface area contributed by atoms with Crippen molar-refractivity contribution >= 4 is 17.3 Å². The highest BCUT2D eigenvalue weighted by Gasteiger charge is 2.30. The molecule has 0 amide bonds. The number of ether oxygens (including phenoxy) is 2. The lowest BCUT2D eigenvalue weighted by Crippen LogP contribution is -2.21. The average molecular weight is 390 g/mol. The second-order valence-electron chi connectivity index (χ2n) is 6.35. The van der Waals surface area contributed by atoms with Crippen molar-refractivity contribution in [3.63, 3.8) is 0 Å². The minimum Gasteiger partial charge on any atom is -0.457 e. The van der Waals surface area contributed by atoms with E-state index in [1.807, 2.05) is 30.3 Å². The van der Waals surface area contributed by atoms with Crippen LogP contribution in [0.3, 0.4) is 0 Å². The zero-order valence-corrected chi connectivity index (χ0v) is 15.5. The molecule has 0 bridgehead atoms. The number of anilines is 1. The molecule has 1 unspecified atom stereocenters. The van der Waals surface area contributed by atoms with Gasteiger partial charge in [-0.15, -0.1) is 0 Å². The van der Waals surface area contributed by atoms with Crippen LogP contribution >= 0.6 is 11.6 Å². The quantitative estimate of drug-likeness (QED) is 0.619. The van der Waals surface area contributed by atoms with Crippen LogP contribution in [0, 0.1) is 11.3 Å². The van der Waals surface area contributed by atoms with Gasteiger partial charge >= 0.3 is 0 Å². The molecule has 5 nitrogen and oxygen atoms in total. The van der Waals surface area contributed by atoms with E-state index in [-0.39, 0.29) is 11.8 Å². The molecule has 0 saturated heterocycles. The lowest BCUT2D eigenvalue weighted by molar-refractivity contribution is 0.394. The lowest BCUT2D eigenvalue weighted by Gasteiger charge is -2.26. The molecule has 6 heteroatoms. The maximum Gasteiger partial charge on any atom is 0.205 e. The molecular weight excluding hydrogens is 374 g/mol. The third-order valence-electron chi connectivity index (χ3n) is 4.48. The fourth-order valence-corrected chi connectivity index (χ4v) is 3.34. The maximum absolute atomic E-state index is 9.67. The summed E-state index contributed by atoms with van der Waals surface area (Å²) in [5, 5.41) is 10.3. The van der Waals surface area contributed by atoms with Gasteiger partial charge in [0.25, 0.3) is 0 Å². The van der Waals surface area contributed by atoms with E-state index in [4.69, 9.17) is 32.5 Å². The van der Waals surface area contributed by atoms with Gasteiger partial charge < -0.3 is 20.9 Å². The van der Waals surface area contributed by atoms with Crippen LogP contribution in [0.25, 0.3) is 0 Å². The first-order valence-corrected chi connectivity index (χ1v) is 8.93. The summed E-state index contributed by atoms with van der Waals surface area (Å²) in [6.07, 6.45) is 0. The highest BCUT2D eigenvalue weighted by atomic mass is 35.5. The standard InChI is InChI=1S/C22H16ClN3O2/c23-14-4-7-16(8-5-14)27-17-3-1-2-13(10-17)21-18-9-6-15(25)11-20(18)28-22(26)19(21)12-24/h1-11,21H,25-26H2. The number of halogens is 1. The van der Waals surface area contributed by atoms with Crippen molar-refractivity contribution < 1.29 is 9.47 Å². The molecule has 3 aromatic rings. The summed E-state index contributed by atoms with van der Waals surface area (Å²) >= 11 is 5.92. The van der Waals surface area contributed by atoms with Crippen LogP contribution in [0.15, 0.2) is 78.2 Å². The summed E-state index contributed by atoms with van der Waals surface area (Å²) in [7, 11) is 0. The van der Waals surface area contributed by atoms with Gasteiger partial charge in [-0.3, -0.25) is 0 Å². The molecule has 0 saturated carbocycles. The molecule has 1 heterocycles. The molecule has 1 aliphatic heterocycles. The Balaban J connectivity index is 1.75. The van der Waals surface area contributed by atoms with Crippen LogP contribution < -0.4 is 20.9 Å². The van der Waals surface area contributed by atoms with Crippen molar-refractivity contribution in [2.75, 3.05) is 5.73 Å². The Hall–Kier alpha value is -3.62. The van der Waals surface area contributed by atoms with Gasteiger partial charge in [0.05, 0.1) is 5.92 Å². The second kappa shape index (κ2) is 7.18. The largest absolute Gasteiger partial charge is 0.457 e.